The van der Waals surface area contributed by atoms with E-state index in [1.807, 2.05) is 31.4 Å². The van der Waals surface area contributed by atoms with Crippen molar-refractivity contribution in [1.82, 2.24) is 19.9 Å². The number of nitrogens with one attached hydrogen (secondary N) is 1. The zero-order chi connectivity index (χ0) is 26.2. The van der Waals surface area contributed by atoms with Crippen molar-refractivity contribution < 1.29 is 9.53 Å². The summed E-state index contributed by atoms with van der Waals surface area (Å²) in [5.74, 6) is 0. The van der Waals surface area contributed by atoms with Crippen molar-refractivity contribution >= 4 is 11.7 Å². The molecule has 0 bridgehead atoms. The van der Waals surface area contributed by atoms with Gasteiger partial charge in [-0.2, -0.15) is 5.10 Å². The van der Waals surface area contributed by atoms with E-state index in [1.165, 1.54) is 5.56 Å². The molecule has 0 spiro atoms. The molecule has 5 rings (SSSR count). The number of ether oxygens (including phenoxy) is 1. The minimum Gasteiger partial charge on any atom is -0.444 e. The number of alkyl carbamates (subject to hydrolysis) is 1. The molecular formula is C31H36N4O2. The van der Waals surface area contributed by atoms with Crippen LogP contribution in [-0.2, 0) is 23.1 Å². The largest absolute Gasteiger partial charge is 0.444 e. The average molecular weight is 497 g/mol. The number of rotatable bonds is 6. The van der Waals surface area contributed by atoms with Gasteiger partial charge in [-0.1, -0.05) is 68.4 Å². The second kappa shape index (κ2) is 9.66. The number of nitrogens with zero attached hydrogens (tertiary/aromatic N) is 3. The Morgan fingerprint density at radius 3 is 2.27 bits per heavy atom. The molecule has 2 aromatic heterocycles. The maximum absolute atomic E-state index is 12.6. The second-order valence-electron chi connectivity index (χ2n) is 10.9. The quantitative estimate of drug-likeness (QED) is 0.309. The summed E-state index contributed by atoms with van der Waals surface area (Å²) in [6, 6.07) is 21.0. The SMILES string of the molecule is CCc1cc(CC)c2nc(-c3ccc(C4(NC(=O)OC(C)(C)C)CCC4)cc3)c(-c3ccccc3)n2n1. The lowest BCUT2D eigenvalue weighted by molar-refractivity contribution is 0.0377. The van der Waals surface area contributed by atoms with E-state index in [-0.39, 0.29) is 11.6 Å². The lowest BCUT2D eigenvalue weighted by atomic mass is 9.71. The molecule has 1 amide bonds. The maximum Gasteiger partial charge on any atom is 0.408 e. The summed E-state index contributed by atoms with van der Waals surface area (Å²) in [4.78, 5) is 17.7. The van der Waals surface area contributed by atoms with Crippen LogP contribution < -0.4 is 5.32 Å². The molecular weight excluding hydrogens is 460 g/mol. The number of carbonyl (C=O) groups excluding carboxylic acids is 1. The molecule has 0 radical (unpaired) electrons. The van der Waals surface area contributed by atoms with Gasteiger partial charge in [0.25, 0.3) is 0 Å². The van der Waals surface area contributed by atoms with Crippen molar-refractivity contribution in [2.75, 3.05) is 0 Å². The van der Waals surface area contributed by atoms with Crippen molar-refractivity contribution in [1.29, 1.82) is 0 Å². The molecule has 0 atom stereocenters. The van der Waals surface area contributed by atoms with Crippen LogP contribution in [0.25, 0.3) is 28.2 Å². The molecule has 0 saturated heterocycles. The van der Waals surface area contributed by atoms with Gasteiger partial charge >= 0.3 is 6.09 Å². The fourth-order valence-corrected chi connectivity index (χ4v) is 5.09. The van der Waals surface area contributed by atoms with Crippen LogP contribution in [0, 0.1) is 0 Å². The van der Waals surface area contributed by atoms with E-state index in [1.54, 1.807) is 0 Å². The van der Waals surface area contributed by atoms with Gasteiger partial charge in [0.05, 0.1) is 16.9 Å². The molecule has 1 saturated carbocycles. The Kier molecular flexibility index (Phi) is 6.52. The van der Waals surface area contributed by atoms with Gasteiger partial charge in [0.2, 0.25) is 0 Å². The average Bonchev–Trinajstić information content (AvgIpc) is 3.24. The number of imidazole rings is 1. The third kappa shape index (κ3) is 4.85. The van der Waals surface area contributed by atoms with E-state index in [9.17, 15) is 4.79 Å². The summed E-state index contributed by atoms with van der Waals surface area (Å²) in [6.45, 7) is 9.95. The normalized spacial score (nSPS) is 14.8. The molecule has 37 heavy (non-hydrogen) atoms. The summed E-state index contributed by atoms with van der Waals surface area (Å²) < 4.78 is 7.57. The van der Waals surface area contributed by atoms with Gasteiger partial charge in [0, 0.05) is 11.1 Å². The van der Waals surface area contributed by atoms with Crippen LogP contribution in [0.5, 0.6) is 0 Å². The fourth-order valence-electron chi connectivity index (χ4n) is 5.09. The Labute approximate surface area is 219 Å². The van der Waals surface area contributed by atoms with Crippen LogP contribution in [0.1, 0.15) is 70.7 Å². The Hall–Kier alpha value is -3.67. The highest BCUT2D eigenvalue weighted by atomic mass is 16.6. The Morgan fingerprint density at radius 1 is 1.00 bits per heavy atom. The summed E-state index contributed by atoms with van der Waals surface area (Å²) in [7, 11) is 0. The summed E-state index contributed by atoms with van der Waals surface area (Å²) in [6.07, 6.45) is 4.27. The predicted molar refractivity (Wildman–Crippen MR) is 148 cm³/mol. The standard InChI is InChI=1S/C31H36N4O2/c1-6-21-20-25(7-2)34-35-27(23-12-9-8-10-13-23)26(32-28(21)35)22-14-16-24(17-15-22)31(18-11-19-31)33-29(36)37-30(3,4)5/h8-10,12-17,20H,6-7,11,18-19H2,1-5H3,(H,33,36). The number of aryl methyl sites for hydroxylation is 2. The predicted octanol–water partition coefficient (Wildman–Crippen LogP) is 7.09. The molecule has 1 aliphatic rings. The third-order valence-corrected chi connectivity index (χ3v) is 7.16. The molecule has 0 aliphatic heterocycles. The molecule has 6 heteroatoms. The first-order valence-electron chi connectivity index (χ1n) is 13.3. The molecule has 2 aromatic carbocycles. The van der Waals surface area contributed by atoms with Crippen molar-refractivity contribution in [3.8, 4) is 22.5 Å². The van der Waals surface area contributed by atoms with Crippen LogP contribution in [-0.4, -0.2) is 26.3 Å². The van der Waals surface area contributed by atoms with E-state index in [4.69, 9.17) is 14.8 Å². The van der Waals surface area contributed by atoms with Gasteiger partial charge in [-0.15, -0.1) is 0 Å². The van der Waals surface area contributed by atoms with Gasteiger partial charge in [0.15, 0.2) is 5.65 Å². The molecule has 2 heterocycles. The van der Waals surface area contributed by atoms with Gasteiger partial charge in [-0.25, -0.2) is 14.3 Å². The smallest absolute Gasteiger partial charge is 0.408 e. The molecule has 0 unspecified atom stereocenters. The Balaban J connectivity index is 1.57. The minimum atomic E-state index is -0.529. The number of amides is 1. The first kappa shape index (κ1) is 25.0. The van der Waals surface area contributed by atoms with Crippen LogP contribution in [0.15, 0.2) is 60.7 Å². The van der Waals surface area contributed by atoms with Crippen molar-refractivity contribution in [2.45, 2.75) is 77.9 Å². The number of fused-ring (bicyclic) bond motifs is 1. The molecule has 4 aromatic rings. The van der Waals surface area contributed by atoms with Gasteiger partial charge < -0.3 is 10.1 Å². The number of benzene rings is 2. The number of hydrogen-bond donors (Lipinski definition) is 1. The monoisotopic (exact) mass is 496 g/mol. The van der Waals surface area contributed by atoms with Gasteiger partial charge in [-0.3, -0.25) is 0 Å². The van der Waals surface area contributed by atoms with Crippen molar-refractivity contribution in [2.24, 2.45) is 0 Å². The lowest BCUT2D eigenvalue weighted by Crippen LogP contribution is -2.52. The highest BCUT2D eigenvalue weighted by Crippen LogP contribution is 2.42. The van der Waals surface area contributed by atoms with Crippen LogP contribution in [0.4, 0.5) is 4.79 Å². The van der Waals surface area contributed by atoms with Gasteiger partial charge in [0.1, 0.15) is 11.3 Å². The maximum atomic E-state index is 12.6. The molecule has 1 N–H and O–H groups in total. The highest BCUT2D eigenvalue weighted by Gasteiger charge is 2.41. The van der Waals surface area contributed by atoms with E-state index in [0.29, 0.717) is 0 Å². The van der Waals surface area contributed by atoms with Crippen molar-refractivity contribution in [3.63, 3.8) is 0 Å². The van der Waals surface area contributed by atoms with E-state index in [2.05, 4.69) is 73.8 Å². The number of carbonyl (C=O) groups is 1. The topological polar surface area (TPSA) is 68.5 Å². The van der Waals surface area contributed by atoms with Crippen LogP contribution in [0.2, 0.25) is 0 Å². The third-order valence-electron chi connectivity index (χ3n) is 7.16. The number of aromatic nitrogens is 3. The van der Waals surface area contributed by atoms with Crippen LogP contribution in [0.3, 0.4) is 0 Å². The lowest BCUT2D eigenvalue weighted by Gasteiger charge is -2.43. The van der Waals surface area contributed by atoms with Crippen LogP contribution >= 0.6 is 0 Å². The van der Waals surface area contributed by atoms with E-state index < -0.39 is 5.60 Å². The first-order chi connectivity index (χ1) is 17.7. The van der Waals surface area contributed by atoms with E-state index >= 15 is 0 Å². The summed E-state index contributed by atoms with van der Waals surface area (Å²) in [5, 5.41) is 8.12. The summed E-state index contributed by atoms with van der Waals surface area (Å²) >= 11 is 0. The highest BCUT2D eigenvalue weighted by molar-refractivity contribution is 5.82. The number of hydrogen-bond acceptors (Lipinski definition) is 4. The van der Waals surface area contributed by atoms with Crippen molar-refractivity contribution in [3.05, 3.63) is 77.5 Å². The molecule has 192 valence electrons. The molecule has 1 aliphatic carbocycles. The zero-order valence-electron chi connectivity index (χ0n) is 22.5. The van der Waals surface area contributed by atoms with Gasteiger partial charge in [-0.05, 0) is 70.1 Å². The summed E-state index contributed by atoms with van der Waals surface area (Å²) in [5.41, 5.74) is 7.36. The zero-order valence-corrected chi connectivity index (χ0v) is 22.5. The first-order valence-corrected chi connectivity index (χ1v) is 13.3. The second-order valence-corrected chi connectivity index (χ2v) is 10.9. The minimum absolute atomic E-state index is 0.368. The molecule has 1 fully saturated rings. The fraction of sp³-hybridized carbons (Fsp3) is 0.387. The Morgan fingerprint density at radius 2 is 1.70 bits per heavy atom. The Bertz CT molecular complexity index is 1410. The molecule has 6 nitrogen and oxygen atoms in total. The van der Waals surface area contributed by atoms with E-state index in [0.717, 1.165) is 71.5 Å².